The van der Waals surface area contributed by atoms with Gasteiger partial charge in [0, 0.05) is 23.8 Å². The molecular weight excluding hydrogens is 502 g/mol. The van der Waals surface area contributed by atoms with E-state index < -0.39 is 29.8 Å². The van der Waals surface area contributed by atoms with Gasteiger partial charge in [0.1, 0.15) is 17.4 Å². The maximum atomic E-state index is 13.7. The van der Waals surface area contributed by atoms with E-state index in [1.807, 2.05) is 50.2 Å². The SMILES string of the molecule is C#CC(C)(OC(=O)COc1c(C)cc([S+](c2ccccc2)c2ccccc2)cc1C)c1cc(F)cc(F)c1. The largest absolute Gasteiger partial charge is 0.481 e. The average Bonchev–Trinajstić information content (AvgIpc) is 2.89. The second-order valence-corrected chi connectivity index (χ2v) is 10.9. The first kappa shape index (κ1) is 27.0. The summed E-state index contributed by atoms with van der Waals surface area (Å²) in [5, 5.41) is 0. The summed E-state index contributed by atoms with van der Waals surface area (Å²) < 4.78 is 38.7. The highest BCUT2D eigenvalue weighted by atomic mass is 32.2. The molecular formula is C32H27F2O3S+. The first-order valence-corrected chi connectivity index (χ1v) is 13.2. The minimum Gasteiger partial charge on any atom is -0.481 e. The van der Waals surface area contributed by atoms with Gasteiger partial charge in [0.25, 0.3) is 0 Å². The lowest BCUT2D eigenvalue weighted by Gasteiger charge is -2.25. The van der Waals surface area contributed by atoms with Gasteiger partial charge in [0.05, 0.1) is 10.9 Å². The Morgan fingerprint density at radius 3 is 1.82 bits per heavy atom. The standard InChI is InChI=1S/C32H27F2O3S/c1-5-32(4,24-18-25(33)20-26(34)19-24)37-30(35)21-36-31-22(2)16-29(17-23(31)3)38(27-12-8-6-9-13-27)28-14-10-7-11-15-28/h1,6-20H,21H2,2-4H3/q+1. The first-order chi connectivity index (χ1) is 18.2. The van der Waals surface area contributed by atoms with E-state index in [2.05, 4.69) is 42.3 Å². The monoisotopic (exact) mass is 529 g/mol. The van der Waals surface area contributed by atoms with Gasteiger partial charge in [0.2, 0.25) is 0 Å². The summed E-state index contributed by atoms with van der Waals surface area (Å²) in [6.07, 6.45) is 5.57. The van der Waals surface area contributed by atoms with Crippen molar-refractivity contribution in [2.75, 3.05) is 6.61 Å². The van der Waals surface area contributed by atoms with Crippen molar-refractivity contribution in [2.24, 2.45) is 0 Å². The number of esters is 1. The number of ether oxygens (including phenoxy) is 2. The molecule has 4 aromatic carbocycles. The molecule has 0 saturated carbocycles. The molecule has 38 heavy (non-hydrogen) atoms. The number of halogens is 2. The van der Waals surface area contributed by atoms with Gasteiger partial charge in [-0.2, -0.15) is 0 Å². The molecule has 0 aliphatic rings. The maximum absolute atomic E-state index is 13.7. The van der Waals surface area contributed by atoms with Gasteiger partial charge in [-0.3, -0.25) is 0 Å². The topological polar surface area (TPSA) is 35.5 Å². The lowest BCUT2D eigenvalue weighted by molar-refractivity contribution is -0.156. The van der Waals surface area contributed by atoms with Crippen LogP contribution in [0.15, 0.2) is 106 Å². The fourth-order valence-electron chi connectivity index (χ4n) is 4.17. The fraction of sp³-hybridized carbons (Fsp3) is 0.156. The number of rotatable bonds is 8. The molecule has 0 N–H and O–H groups in total. The van der Waals surface area contributed by atoms with Gasteiger partial charge in [-0.05, 0) is 68.3 Å². The van der Waals surface area contributed by atoms with Crippen molar-refractivity contribution in [1.82, 2.24) is 0 Å². The number of hydrogen-bond donors (Lipinski definition) is 0. The van der Waals surface area contributed by atoms with E-state index in [1.165, 1.54) is 16.7 Å². The molecule has 0 aliphatic heterocycles. The fourth-order valence-corrected chi connectivity index (χ4v) is 6.43. The molecule has 0 aromatic heterocycles. The highest BCUT2D eigenvalue weighted by Crippen LogP contribution is 2.35. The minimum absolute atomic E-state index is 0.0245. The molecule has 192 valence electrons. The summed E-state index contributed by atoms with van der Waals surface area (Å²) in [7, 11) is -0.327. The summed E-state index contributed by atoms with van der Waals surface area (Å²) in [6.45, 7) is 4.84. The van der Waals surface area contributed by atoms with Crippen LogP contribution < -0.4 is 4.74 Å². The van der Waals surface area contributed by atoms with Crippen molar-refractivity contribution in [2.45, 2.75) is 41.1 Å². The average molecular weight is 530 g/mol. The Bertz CT molecular complexity index is 1400. The van der Waals surface area contributed by atoms with E-state index in [-0.39, 0.29) is 16.5 Å². The lowest BCUT2D eigenvalue weighted by atomic mass is 9.96. The number of terminal acetylenes is 1. The third kappa shape index (κ3) is 6.07. The van der Waals surface area contributed by atoms with Gasteiger partial charge < -0.3 is 9.47 Å². The van der Waals surface area contributed by atoms with E-state index in [1.54, 1.807) is 0 Å². The van der Waals surface area contributed by atoms with Crippen molar-refractivity contribution < 1.29 is 23.0 Å². The summed E-state index contributed by atoms with van der Waals surface area (Å²) in [4.78, 5) is 16.2. The normalized spacial score (nSPS) is 12.4. The number of benzene rings is 4. The Kier molecular flexibility index (Phi) is 8.19. The van der Waals surface area contributed by atoms with E-state index in [0.717, 1.165) is 34.2 Å². The zero-order valence-electron chi connectivity index (χ0n) is 21.3. The first-order valence-electron chi connectivity index (χ1n) is 11.9. The van der Waals surface area contributed by atoms with Crippen LogP contribution >= 0.6 is 0 Å². The Labute approximate surface area is 224 Å². The van der Waals surface area contributed by atoms with Crippen LogP contribution in [-0.2, 0) is 26.0 Å². The number of aryl methyl sites for hydroxylation is 2. The molecule has 4 aromatic rings. The molecule has 0 amide bonds. The Morgan fingerprint density at radius 1 is 0.842 bits per heavy atom. The van der Waals surface area contributed by atoms with Crippen LogP contribution in [0.3, 0.4) is 0 Å². The molecule has 3 nitrogen and oxygen atoms in total. The molecule has 0 saturated heterocycles. The zero-order valence-corrected chi connectivity index (χ0v) is 22.2. The van der Waals surface area contributed by atoms with Gasteiger partial charge >= 0.3 is 5.97 Å². The van der Waals surface area contributed by atoms with Crippen molar-refractivity contribution in [3.63, 3.8) is 0 Å². The Hall–Kier alpha value is -4.08. The molecule has 0 fully saturated rings. The van der Waals surface area contributed by atoms with Crippen molar-refractivity contribution >= 4 is 16.9 Å². The van der Waals surface area contributed by atoms with Crippen LogP contribution in [0.1, 0.15) is 23.6 Å². The summed E-state index contributed by atoms with van der Waals surface area (Å²) in [6, 6.07) is 27.5. The van der Waals surface area contributed by atoms with Crippen molar-refractivity contribution in [3.8, 4) is 18.1 Å². The van der Waals surface area contributed by atoms with Gasteiger partial charge in [-0.25, -0.2) is 13.6 Å². The molecule has 4 rings (SSSR count). The van der Waals surface area contributed by atoms with Gasteiger partial charge in [0.15, 0.2) is 26.9 Å². The molecule has 0 heterocycles. The highest BCUT2D eigenvalue weighted by molar-refractivity contribution is 7.97. The molecule has 1 atom stereocenters. The van der Waals surface area contributed by atoms with Crippen molar-refractivity contribution in [3.05, 3.63) is 119 Å². The van der Waals surface area contributed by atoms with Gasteiger partial charge in [-0.15, -0.1) is 6.42 Å². The van der Waals surface area contributed by atoms with E-state index >= 15 is 0 Å². The molecule has 0 bridgehead atoms. The van der Waals surface area contributed by atoms with Gasteiger partial charge in [-0.1, -0.05) is 42.3 Å². The number of hydrogen-bond acceptors (Lipinski definition) is 3. The number of carbonyl (C=O) groups is 1. The number of carbonyl (C=O) groups excluding carboxylic acids is 1. The van der Waals surface area contributed by atoms with Crippen molar-refractivity contribution in [1.29, 1.82) is 0 Å². The third-order valence-corrected chi connectivity index (χ3v) is 8.16. The third-order valence-electron chi connectivity index (χ3n) is 5.97. The quantitative estimate of drug-likeness (QED) is 0.138. The molecule has 6 heteroatoms. The van der Waals surface area contributed by atoms with E-state index in [4.69, 9.17) is 15.9 Å². The van der Waals surface area contributed by atoms with Crippen LogP contribution in [0.5, 0.6) is 5.75 Å². The molecule has 1 unspecified atom stereocenters. The van der Waals surface area contributed by atoms with E-state index in [9.17, 15) is 13.6 Å². The highest BCUT2D eigenvalue weighted by Gasteiger charge is 2.32. The summed E-state index contributed by atoms with van der Waals surface area (Å²) >= 11 is 0. The van der Waals surface area contributed by atoms with E-state index in [0.29, 0.717) is 5.75 Å². The summed E-state index contributed by atoms with van der Waals surface area (Å²) in [5.41, 5.74) is 0.0985. The second kappa shape index (κ2) is 11.5. The zero-order chi connectivity index (χ0) is 27.3. The van der Waals surface area contributed by atoms with Crippen LogP contribution in [-0.4, -0.2) is 12.6 Å². The Morgan fingerprint density at radius 2 is 1.34 bits per heavy atom. The Balaban J connectivity index is 1.55. The predicted molar refractivity (Wildman–Crippen MR) is 145 cm³/mol. The second-order valence-electron chi connectivity index (χ2n) is 8.92. The molecule has 0 radical (unpaired) electrons. The maximum Gasteiger partial charge on any atom is 0.345 e. The van der Waals surface area contributed by atoms with Crippen LogP contribution in [0, 0.1) is 37.8 Å². The lowest BCUT2D eigenvalue weighted by Crippen LogP contribution is -2.30. The van der Waals surface area contributed by atoms with Crippen LogP contribution in [0.4, 0.5) is 8.78 Å². The predicted octanol–water partition coefficient (Wildman–Crippen LogP) is 7.15. The smallest absolute Gasteiger partial charge is 0.345 e. The van der Waals surface area contributed by atoms with Crippen LogP contribution in [0.25, 0.3) is 0 Å². The minimum atomic E-state index is -1.66. The summed E-state index contributed by atoms with van der Waals surface area (Å²) in [5.74, 6) is 0.498. The molecule has 0 spiro atoms. The van der Waals surface area contributed by atoms with Crippen LogP contribution in [0.2, 0.25) is 0 Å². The molecule has 0 aliphatic carbocycles.